The van der Waals surface area contributed by atoms with Crippen LogP contribution in [0.25, 0.3) is 10.2 Å². The molecular formula is C33H49N5O3S. The van der Waals surface area contributed by atoms with Gasteiger partial charge in [-0.05, 0) is 55.8 Å². The number of nitrogens with one attached hydrogen (secondary N) is 2. The molecule has 2 amide bonds. The Bertz CT molecular complexity index is 1240. The van der Waals surface area contributed by atoms with Crippen molar-refractivity contribution in [3.63, 3.8) is 0 Å². The van der Waals surface area contributed by atoms with Crippen LogP contribution in [0.2, 0.25) is 0 Å². The lowest BCUT2D eigenvalue weighted by Crippen LogP contribution is -2.45. The zero-order valence-corrected chi connectivity index (χ0v) is 26.7. The highest BCUT2D eigenvalue weighted by atomic mass is 32.1. The molecule has 2 aliphatic rings. The predicted molar refractivity (Wildman–Crippen MR) is 171 cm³/mol. The molecule has 1 aliphatic heterocycles. The highest BCUT2D eigenvalue weighted by molar-refractivity contribution is 7.18. The van der Waals surface area contributed by atoms with Crippen molar-refractivity contribution < 1.29 is 14.4 Å². The zero-order chi connectivity index (χ0) is 30.2. The molecule has 4 rings (SSSR count). The van der Waals surface area contributed by atoms with Crippen molar-refractivity contribution in [2.45, 2.75) is 77.2 Å². The number of nitrogens with zero attached hydrogens (tertiary/aromatic N) is 3. The van der Waals surface area contributed by atoms with Crippen molar-refractivity contribution in [1.82, 2.24) is 25.4 Å². The van der Waals surface area contributed by atoms with E-state index < -0.39 is 5.92 Å². The Balaban J connectivity index is 1.41. The molecule has 2 atom stereocenters. The molecule has 42 heavy (non-hydrogen) atoms. The number of hydrogen-bond donors (Lipinski definition) is 2. The number of carbonyl (C=O) groups excluding carboxylic acids is 3. The second kappa shape index (κ2) is 15.2. The number of likely N-dealkylation sites (N-methyl/N-ethyl adjacent to an activating group) is 1. The molecule has 1 aromatic heterocycles. The minimum atomic E-state index is -0.526. The van der Waals surface area contributed by atoms with Crippen LogP contribution in [-0.2, 0) is 20.8 Å². The van der Waals surface area contributed by atoms with Crippen LogP contribution in [-0.4, -0.2) is 85.2 Å². The van der Waals surface area contributed by atoms with Crippen LogP contribution in [0.3, 0.4) is 0 Å². The van der Waals surface area contributed by atoms with Crippen LogP contribution in [0, 0.1) is 11.8 Å². The minimum Gasteiger partial charge on any atom is -0.359 e. The monoisotopic (exact) mass is 595 g/mol. The smallest absolute Gasteiger partial charge is 0.224 e. The molecule has 2 fully saturated rings. The standard InChI is InChI=1S/C33H49N5O3S/c1-22(2)25-10-11-28-30(18-25)42-32(35-28)20-26(19-31(40)34-4)33(41)36-27(24-8-6-7-9-24)12-13-29(39)23(3)21-38-16-14-37(5)15-17-38/h10-11,18,22,24,26-27H,3,6-9,12-17,19-21H2,1-2,4-5H3,(H,34,40)(H,36,41)/t26-,27+/m0/s1. The summed E-state index contributed by atoms with van der Waals surface area (Å²) in [6.45, 7) is 13.0. The molecule has 0 bridgehead atoms. The Morgan fingerprint density at radius 3 is 2.50 bits per heavy atom. The maximum Gasteiger partial charge on any atom is 0.224 e. The third-order valence-electron chi connectivity index (χ3n) is 9.01. The number of carbonyl (C=O) groups is 3. The Kier molecular flexibility index (Phi) is 11.7. The summed E-state index contributed by atoms with van der Waals surface area (Å²) in [7, 11) is 3.72. The molecule has 1 saturated carbocycles. The van der Waals surface area contributed by atoms with Crippen molar-refractivity contribution in [3.05, 3.63) is 40.9 Å². The third-order valence-corrected chi connectivity index (χ3v) is 10.1. The van der Waals surface area contributed by atoms with Crippen LogP contribution < -0.4 is 10.6 Å². The lowest BCUT2D eigenvalue weighted by Gasteiger charge is -2.32. The van der Waals surface area contributed by atoms with E-state index >= 15 is 0 Å². The van der Waals surface area contributed by atoms with Gasteiger partial charge in [-0.3, -0.25) is 19.3 Å². The fourth-order valence-corrected chi connectivity index (χ4v) is 7.24. The molecule has 0 unspecified atom stereocenters. The van der Waals surface area contributed by atoms with Crippen molar-refractivity contribution in [2.75, 3.05) is 46.8 Å². The number of thiazole rings is 1. The van der Waals surface area contributed by atoms with Gasteiger partial charge in [-0.2, -0.15) is 0 Å². The third kappa shape index (κ3) is 8.94. The summed E-state index contributed by atoms with van der Waals surface area (Å²) in [5.74, 6) is 0.0537. The minimum absolute atomic E-state index is 0.0864. The number of piperazine rings is 1. The SMILES string of the molecule is C=C(CN1CCN(C)CC1)C(=O)CC[C@@H](NC(=O)[C@@H](CC(=O)NC)Cc1nc2ccc(C(C)C)cc2s1)C1CCCC1. The summed E-state index contributed by atoms with van der Waals surface area (Å²) in [6.07, 6.45) is 5.89. The van der Waals surface area contributed by atoms with Gasteiger partial charge in [-0.25, -0.2) is 4.98 Å². The molecule has 8 nitrogen and oxygen atoms in total. The number of benzene rings is 1. The summed E-state index contributed by atoms with van der Waals surface area (Å²) in [5, 5.41) is 6.85. The number of hydrogen-bond acceptors (Lipinski definition) is 7. The molecule has 0 radical (unpaired) electrons. The van der Waals surface area contributed by atoms with E-state index in [1.54, 1.807) is 18.4 Å². The Labute approximate surface area is 255 Å². The second-order valence-corrected chi connectivity index (χ2v) is 13.7. The Hall–Kier alpha value is -2.62. The van der Waals surface area contributed by atoms with Gasteiger partial charge in [0.15, 0.2) is 5.78 Å². The lowest BCUT2D eigenvalue weighted by molar-refractivity contribution is -0.131. The highest BCUT2D eigenvalue weighted by Gasteiger charge is 2.31. The summed E-state index contributed by atoms with van der Waals surface area (Å²) >= 11 is 1.60. The largest absolute Gasteiger partial charge is 0.359 e. The van der Waals surface area contributed by atoms with Crippen LogP contribution in [0.1, 0.15) is 75.3 Å². The Morgan fingerprint density at radius 1 is 1.12 bits per heavy atom. The molecule has 230 valence electrons. The van der Waals surface area contributed by atoms with E-state index in [-0.39, 0.29) is 30.1 Å². The van der Waals surface area contributed by atoms with E-state index in [9.17, 15) is 14.4 Å². The van der Waals surface area contributed by atoms with E-state index in [0.717, 1.165) is 67.1 Å². The highest BCUT2D eigenvalue weighted by Crippen LogP contribution is 2.31. The van der Waals surface area contributed by atoms with E-state index in [1.165, 1.54) is 5.56 Å². The van der Waals surface area contributed by atoms with Crippen molar-refractivity contribution >= 4 is 39.2 Å². The maximum absolute atomic E-state index is 13.8. The van der Waals surface area contributed by atoms with E-state index in [0.29, 0.717) is 43.2 Å². The quantitative estimate of drug-likeness (QED) is 0.312. The first-order valence-electron chi connectivity index (χ1n) is 15.6. The van der Waals surface area contributed by atoms with Gasteiger partial charge >= 0.3 is 0 Å². The molecule has 9 heteroatoms. The van der Waals surface area contributed by atoms with E-state index in [2.05, 4.69) is 60.0 Å². The van der Waals surface area contributed by atoms with Crippen molar-refractivity contribution in [1.29, 1.82) is 0 Å². The zero-order valence-electron chi connectivity index (χ0n) is 25.9. The van der Waals surface area contributed by atoms with Crippen LogP contribution >= 0.6 is 11.3 Å². The molecule has 2 aromatic rings. The fraction of sp³-hybridized carbons (Fsp3) is 0.636. The number of aromatic nitrogens is 1. The predicted octanol–water partition coefficient (Wildman–Crippen LogP) is 4.54. The topological polar surface area (TPSA) is 94.6 Å². The first kappa shape index (κ1) is 32.3. The van der Waals surface area contributed by atoms with Gasteiger partial charge in [-0.15, -0.1) is 11.3 Å². The number of rotatable bonds is 14. The Morgan fingerprint density at radius 2 is 1.83 bits per heavy atom. The summed E-state index contributed by atoms with van der Waals surface area (Å²) in [6, 6.07) is 6.25. The molecule has 1 saturated heterocycles. The van der Waals surface area contributed by atoms with Crippen LogP contribution in [0.4, 0.5) is 0 Å². The molecular weight excluding hydrogens is 546 g/mol. The normalized spacial score (nSPS) is 18.3. The van der Waals surface area contributed by atoms with Gasteiger partial charge in [-0.1, -0.05) is 39.3 Å². The number of ketones is 1. The first-order chi connectivity index (χ1) is 20.1. The van der Waals surface area contributed by atoms with Gasteiger partial charge in [0.2, 0.25) is 11.8 Å². The number of Topliss-reactive ketones (excluding diaryl/α,β-unsaturated/α-hetero) is 1. The lowest BCUT2D eigenvalue weighted by atomic mass is 9.91. The molecule has 2 heterocycles. The van der Waals surface area contributed by atoms with Gasteiger partial charge in [0.25, 0.3) is 0 Å². The fourth-order valence-electron chi connectivity index (χ4n) is 6.14. The average Bonchev–Trinajstić information content (AvgIpc) is 3.65. The van der Waals surface area contributed by atoms with Gasteiger partial charge in [0.1, 0.15) is 0 Å². The summed E-state index contributed by atoms with van der Waals surface area (Å²) in [4.78, 5) is 48.7. The van der Waals surface area contributed by atoms with Gasteiger partial charge in [0.05, 0.1) is 21.1 Å². The number of fused-ring (bicyclic) bond motifs is 1. The van der Waals surface area contributed by atoms with Crippen LogP contribution in [0.15, 0.2) is 30.4 Å². The van der Waals surface area contributed by atoms with Crippen LogP contribution in [0.5, 0.6) is 0 Å². The van der Waals surface area contributed by atoms with Gasteiger partial charge in [0, 0.05) is 70.6 Å². The number of amides is 2. The molecule has 1 aromatic carbocycles. The summed E-state index contributed by atoms with van der Waals surface area (Å²) < 4.78 is 1.11. The second-order valence-electron chi connectivity index (χ2n) is 12.6. The maximum atomic E-state index is 13.8. The van der Waals surface area contributed by atoms with E-state index in [1.807, 2.05) is 6.07 Å². The molecule has 0 spiro atoms. The molecule has 2 N–H and O–H groups in total. The van der Waals surface area contributed by atoms with Gasteiger partial charge < -0.3 is 15.5 Å². The first-order valence-corrected chi connectivity index (χ1v) is 16.5. The molecule has 1 aliphatic carbocycles. The average molecular weight is 596 g/mol. The van der Waals surface area contributed by atoms with Crippen molar-refractivity contribution in [2.24, 2.45) is 11.8 Å². The summed E-state index contributed by atoms with van der Waals surface area (Å²) in [5.41, 5.74) is 2.85. The van der Waals surface area contributed by atoms with E-state index in [4.69, 9.17) is 4.98 Å². The van der Waals surface area contributed by atoms with Crippen molar-refractivity contribution in [3.8, 4) is 0 Å².